The van der Waals surface area contributed by atoms with Gasteiger partial charge in [-0.2, -0.15) is 5.10 Å². The van der Waals surface area contributed by atoms with Crippen molar-refractivity contribution >= 4 is 17.5 Å². The summed E-state index contributed by atoms with van der Waals surface area (Å²) in [6.45, 7) is 8.56. The van der Waals surface area contributed by atoms with Gasteiger partial charge in [0.05, 0.1) is 30.9 Å². The van der Waals surface area contributed by atoms with Crippen LogP contribution in [0.4, 0.5) is 4.39 Å². The Labute approximate surface area is 158 Å². The summed E-state index contributed by atoms with van der Waals surface area (Å²) in [7, 11) is 0. The van der Waals surface area contributed by atoms with Crippen molar-refractivity contribution in [3.63, 3.8) is 0 Å². The van der Waals surface area contributed by atoms with Crippen LogP contribution in [0.15, 0.2) is 24.3 Å². The van der Waals surface area contributed by atoms with Gasteiger partial charge in [-0.15, -0.1) is 0 Å². The van der Waals surface area contributed by atoms with Crippen molar-refractivity contribution in [3.05, 3.63) is 52.1 Å². The maximum absolute atomic E-state index is 13.8. The van der Waals surface area contributed by atoms with Gasteiger partial charge in [0.2, 0.25) is 5.91 Å². The summed E-state index contributed by atoms with van der Waals surface area (Å²) in [6.07, 6.45) is -0.0821. The van der Waals surface area contributed by atoms with Gasteiger partial charge >= 0.3 is 0 Å². The maximum atomic E-state index is 13.8. The molecule has 0 atom stereocenters. The molecule has 140 valence electrons. The highest BCUT2D eigenvalue weighted by molar-refractivity contribution is 6.31. The largest absolute Gasteiger partial charge is 0.350 e. The van der Waals surface area contributed by atoms with Crippen molar-refractivity contribution in [2.75, 3.05) is 13.1 Å². The lowest BCUT2D eigenvalue weighted by Gasteiger charge is -2.28. The average Bonchev–Trinajstić information content (AvgIpc) is 2.98. The molecule has 0 spiro atoms. The zero-order valence-corrected chi connectivity index (χ0v) is 15.9. The number of hydrogen-bond acceptors (Lipinski definition) is 3. The third-order valence-corrected chi connectivity index (χ3v) is 4.77. The molecule has 26 heavy (non-hydrogen) atoms. The van der Waals surface area contributed by atoms with E-state index in [-0.39, 0.29) is 22.9 Å². The normalized spacial score (nSPS) is 14.5. The van der Waals surface area contributed by atoms with Crippen LogP contribution >= 0.6 is 11.6 Å². The molecule has 0 bridgehead atoms. The summed E-state index contributed by atoms with van der Waals surface area (Å²) in [5, 5.41) is 7.62. The first-order chi connectivity index (χ1) is 12.4. The maximum Gasteiger partial charge on any atom is 0.224 e. The number of carbonyl (C=O) groups is 1. The van der Waals surface area contributed by atoms with Crippen LogP contribution in [-0.4, -0.2) is 33.7 Å². The monoisotopic (exact) mass is 378 g/mol. The van der Waals surface area contributed by atoms with E-state index < -0.39 is 5.82 Å². The number of rotatable bonds is 6. The molecular weight excluding hydrogens is 355 g/mol. The molecule has 1 aromatic carbocycles. The Morgan fingerprint density at radius 1 is 1.38 bits per heavy atom. The van der Waals surface area contributed by atoms with Gasteiger partial charge in [-0.3, -0.25) is 14.4 Å². The summed E-state index contributed by atoms with van der Waals surface area (Å²) in [4.78, 5) is 14.5. The average molecular weight is 379 g/mol. The van der Waals surface area contributed by atoms with Gasteiger partial charge in [0.15, 0.2) is 0 Å². The second-order valence-corrected chi connectivity index (χ2v) is 7.54. The van der Waals surface area contributed by atoms with Crippen LogP contribution in [0, 0.1) is 11.7 Å². The molecule has 1 aliphatic heterocycles. The highest BCUT2D eigenvalue weighted by Crippen LogP contribution is 2.19. The predicted molar refractivity (Wildman–Crippen MR) is 99.3 cm³/mol. The molecule has 1 aromatic heterocycles. The fourth-order valence-electron chi connectivity index (χ4n) is 3.25. The summed E-state index contributed by atoms with van der Waals surface area (Å²) < 4.78 is 15.8. The van der Waals surface area contributed by atoms with Crippen LogP contribution in [0.25, 0.3) is 0 Å². The first-order valence-corrected chi connectivity index (χ1v) is 9.27. The second kappa shape index (κ2) is 8.18. The van der Waals surface area contributed by atoms with Crippen molar-refractivity contribution in [1.82, 2.24) is 20.0 Å². The molecule has 2 heterocycles. The van der Waals surface area contributed by atoms with Gasteiger partial charge < -0.3 is 5.32 Å². The molecule has 0 saturated carbocycles. The first-order valence-electron chi connectivity index (χ1n) is 8.90. The molecule has 0 radical (unpaired) electrons. The van der Waals surface area contributed by atoms with Crippen molar-refractivity contribution < 1.29 is 9.18 Å². The van der Waals surface area contributed by atoms with Gasteiger partial charge in [0.1, 0.15) is 5.82 Å². The predicted octanol–water partition coefficient (Wildman–Crippen LogP) is 3.01. The quantitative estimate of drug-likeness (QED) is 0.840. The molecule has 1 N–H and O–H groups in total. The minimum atomic E-state index is -0.463. The standard InChI is InChI=1S/C19H24ClFN4O/c1-13(2)11-24-6-7-25-15(12-24)8-14(23-25)10-22-19(26)9-16-17(20)4-3-5-18(16)21/h3-5,8,13H,6-7,9-12H2,1-2H3,(H,22,26). The van der Waals surface area contributed by atoms with Gasteiger partial charge in [-0.1, -0.05) is 31.5 Å². The lowest BCUT2D eigenvalue weighted by molar-refractivity contribution is -0.120. The lowest BCUT2D eigenvalue weighted by atomic mass is 10.1. The van der Waals surface area contributed by atoms with E-state index in [4.69, 9.17) is 11.6 Å². The molecule has 0 fully saturated rings. The third-order valence-electron chi connectivity index (χ3n) is 4.42. The highest BCUT2D eigenvalue weighted by Gasteiger charge is 2.19. The molecule has 7 heteroatoms. The Kier molecular flexibility index (Phi) is 5.94. The van der Waals surface area contributed by atoms with Crippen molar-refractivity contribution in [2.24, 2.45) is 5.92 Å². The highest BCUT2D eigenvalue weighted by atomic mass is 35.5. The van der Waals surface area contributed by atoms with E-state index in [0.717, 1.165) is 31.9 Å². The summed E-state index contributed by atoms with van der Waals surface area (Å²) >= 11 is 5.97. The van der Waals surface area contributed by atoms with Gasteiger partial charge in [0, 0.05) is 30.2 Å². The topological polar surface area (TPSA) is 50.2 Å². The molecule has 0 unspecified atom stereocenters. The molecule has 5 nitrogen and oxygen atoms in total. The van der Waals surface area contributed by atoms with E-state index in [0.29, 0.717) is 12.5 Å². The molecular formula is C19H24ClFN4O. The molecule has 1 aliphatic rings. The van der Waals surface area contributed by atoms with Gasteiger partial charge in [-0.05, 0) is 24.1 Å². The van der Waals surface area contributed by atoms with E-state index in [9.17, 15) is 9.18 Å². The zero-order valence-electron chi connectivity index (χ0n) is 15.1. The molecule has 0 saturated heterocycles. The van der Waals surface area contributed by atoms with Crippen molar-refractivity contribution in [2.45, 2.75) is 39.9 Å². The molecule has 1 amide bonds. The van der Waals surface area contributed by atoms with Crippen LogP contribution in [-0.2, 0) is 30.8 Å². The van der Waals surface area contributed by atoms with E-state index in [1.54, 1.807) is 6.07 Å². The van der Waals surface area contributed by atoms with Crippen LogP contribution in [0.1, 0.15) is 30.8 Å². The first kappa shape index (κ1) is 18.9. The van der Waals surface area contributed by atoms with E-state index in [1.165, 1.54) is 17.8 Å². The SMILES string of the molecule is CC(C)CN1CCn2nc(CNC(=O)Cc3c(F)cccc3Cl)cc2C1. The van der Waals surface area contributed by atoms with Crippen LogP contribution < -0.4 is 5.32 Å². The molecule has 3 rings (SSSR count). The zero-order chi connectivity index (χ0) is 18.7. The van der Waals surface area contributed by atoms with Crippen molar-refractivity contribution in [1.29, 1.82) is 0 Å². The fraction of sp³-hybridized carbons (Fsp3) is 0.474. The minimum Gasteiger partial charge on any atom is -0.350 e. The fourth-order valence-corrected chi connectivity index (χ4v) is 3.48. The third kappa shape index (κ3) is 4.62. The van der Waals surface area contributed by atoms with E-state index in [2.05, 4.69) is 29.2 Å². The van der Waals surface area contributed by atoms with E-state index >= 15 is 0 Å². The number of fused-ring (bicyclic) bond motifs is 1. The number of aromatic nitrogens is 2. The number of nitrogens with one attached hydrogen (secondary N) is 1. The van der Waals surface area contributed by atoms with Crippen LogP contribution in [0.2, 0.25) is 5.02 Å². The van der Waals surface area contributed by atoms with E-state index in [1.807, 2.05) is 10.7 Å². The Morgan fingerprint density at radius 2 is 2.19 bits per heavy atom. The number of amides is 1. The van der Waals surface area contributed by atoms with Gasteiger partial charge in [0.25, 0.3) is 0 Å². The molecule has 0 aliphatic carbocycles. The number of nitrogens with zero attached hydrogens (tertiary/aromatic N) is 3. The Hall–Kier alpha value is -1.92. The minimum absolute atomic E-state index is 0.0821. The van der Waals surface area contributed by atoms with Crippen LogP contribution in [0.5, 0.6) is 0 Å². The smallest absolute Gasteiger partial charge is 0.224 e. The Bertz CT molecular complexity index is 770. The second-order valence-electron chi connectivity index (χ2n) is 7.13. The molecule has 2 aromatic rings. The Balaban J connectivity index is 1.56. The number of benzene rings is 1. The summed E-state index contributed by atoms with van der Waals surface area (Å²) in [6, 6.07) is 6.45. The van der Waals surface area contributed by atoms with Gasteiger partial charge in [-0.25, -0.2) is 4.39 Å². The number of carbonyl (C=O) groups excluding carboxylic acids is 1. The number of hydrogen-bond donors (Lipinski definition) is 1. The summed E-state index contributed by atoms with van der Waals surface area (Å²) in [5.74, 6) is -0.104. The number of halogens is 2. The van der Waals surface area contributed by atoms with Crippen molar-refractivity contribution in [3.8, 4) is 0 Å². The lowest BCUT2D eigenvalue weighted by Crippen LogP contribution is -2.36. The van der Waals surface area contributed by atoms with Crippen LogP contribution in [0.3, 0.4) is 0 Å². The summed E-state index contributed by atoms with van der Waals surface area (Å²) in [5.41, 5.74) is 2.21. The Morgan fingerprint density at radius 3 is 2.92 bits per heavy atom.